The summed E-state index contributed by atoms with van der Waals surface area (Å²) in [5, 5.41) is 27.2. The lowest BCUT2D eigenvalue weighted by Crippen LogP contribution is -2.12. The average Bonchev–Trinajstić information content (AvgIpc) is 2.96. The molecule has 0 spiro atoms. The number of nitrogens with zero attached hydrogens (tertiary/aromatic N) is 2. The van der Waals surface area contributed by atoms with Gasteiger partial charge in [-0.3, -0.25) is 34.6 Å². The number of nitrogens with one attached hydrogen (secondary N) is 2. The zero-order valence-electron chi connectivity index (χ0n) is 20.6. The summed E-state index contributed by atoms with van der Waals surface area (Å²) >= 11 is 0. The summed E-state index contributed by atoms with van der Waals surface area (Å²) in [6.45, 7) is 0. The van der Waals surface area contributed by atoms with Crippen LogP contribution in [-0.4, -0.2) is 27.4 Å². The van der Waals surface area contributed by atoms with Crippen molar-refractivity contribution in [1.29, 1.82) is 0 Å². The third-order valence-electron chi connectivity index (χ3n) is 5.61. The van der Waals surface area contributed by atoms with Gasteiger partial charge in [0.25, 0.3) is 23.2 Å². The van der Waals surface area contributed by atoms with Gasteiger partial charge in [0.2, 0.25) is 0 Å². The van der Waals surface area contributed by atoms with E-state index in [1.54, 1.807) is 48.5 Å². The molecular weight excluding hydrogens is 516 g/mol. The van der Waals surface area contributed by atoms with Crippen molar-refractivity contribution in [2.75, 3.05) is 10.6 Å². The van der Waals surface area contributed by atoms with Crippen molar-refractivity contribution in [1.82, 2.24) is 0 Å². The molecule has 0 aliphatic heterocycles. The lowest BCUT2D eigenvalue weighted by atomic mass is 10.1. The number of anilines is 2. The lowest BCUT2D eigenvalue weighted by Gasteiger charge is -2.07. The van der Waals surface area contributed by atoms with Gasteiger partial charge in [-0.1, -0.05) is 42.5 Å². The first-order chi connectivity index (χ1) is 19.2. The molecule has 0 radical (unpaired) electrons. The molecule has 198 valence electrons. The molecule has 11 heteroatoms. The normalized spacial score (nSPS) is 10.6. The molecule has 0 aliphatic rings. The number of hydrogen-bond acceptors (Lipinski definition) is 7. The van der Waals surface area contributed by atoms with E-state index in [0.717, 1.165) is 6.07 Å². The molecule has 40 heavy (non-hydrogen) atoms. The van der Waals surface area contributed by atoms with Crippen molar-refractivity contribution in [2.24, 2.45) is 0 Å². The molecule has 0 aromatic heterocycles. The van der Waals surface area contributed by atoms with Crippen molar-refractivity contribution >= 4 is 46.4 Å². The monoisotopic (exact) mass is 536 g/mol. The van der Waals surface area contributed by atoms with E-state index < -0.39 is 21.7 Å². The molecule has 0 saturated carbocycles. The van der Waals surface area contributed by atoms with Crippen LogP contribution in [0.4, 0.5) is 22.7 Å². The minimum Gasteiger partial charge on any atom is -0.322 e. The summed E-state index contributed by atoms with van der Waals surface area (Å²) in [6, 6.07) is 23.6. The van der Waals surface area contributed by atoms with Gasteiger partial charge < -0.3 is 10.6 Å². The molecule has 0 saturated heterocycles. The Kier molecular flexibility index (Phi) is 8.16. The number of amides is 2. The Morgan fingerprint density at radius 3 is 1.62 bits per heavy atom. The second-order valence-electron chi connectivity index (χ2n) is 8.43. The van der Waals surface area contributed by atoms with E-state index in [9.17, 15) is 34.6 Å². The van der Waals surface area contributed by atoms with Crippen LogP contribution in [0.2, 0.25) is 0 Å². The number of nitro groups is 2. The Balaban J connectivity index is 1.42. The van der Waals surface area contributed by atoms with Crippen LogP contribution in [0.25, 0.3) is 6.08 Å². The highest BCUT2D eigenvalue weighted by Gasteiger charge is 2.13. The highest BCUT2D eigenvalue weighted by molar-refractivity contribution is 6.09. The summed E-state index contributed by atoms with van der Waals surface area (Å²) in [5.41, 5.74) is 1.48. The Bertz CT molecular complexity index is 1680. The third-order valence-corrected chi connectivity index (χ3v) is 5.61. The van der Waals surface area contributed by atoms with E-state index in [2.05, 4.69) is 10.6 Å². The number of hydrogen-bond donors (Lipinski definition) is 2. The van der Waals surface area contributed by atoms with E-state index in [4.69, 9.17) is 0 Å². The Labute approximate surface area is 227 Å². The second kappa shape index (κ2) is 12.0. The van der Waals surface area contributed by atoms with Crippen LogP contribution in [0.1, 0.15) is 36.6 Å². The Morgan fingerprint density at radius 1 is 0.600 bits per heavy atom. The molecule has 0 fully saturated rings. The summed E-state index contributed by atoms with van der Waals surface area (Å²) in [7, 11) is 0. The topological polar surface area (TPSA) is 162 Å². The minimum atomic E-state index is -0.594. The summed E-state index contributed by atoms with van der Waals surface area (Å²) in [6.07, 6.45) is 2.89. The molecule has 4 aromatic carbocycles. The van der Waals surface area contributed by atoms with Gasteiger partial charge >= 0.3 is 0 Å². The summed E-state index contributed by atoms with van der Waals surface area (Å²) in [4.78, 5) is 58.6. The molecule has 4 aromatic rings. The predicted molar refractivity (Wildman–Crippen MR) is 148 cm³/mol. The highest BCUT2D eigenvalue weighted by atomic mass is 16.6. The zero-order valence-corrected chi connectivity index (χ0v) is 20.6. The largest absolute Gasteiger partial charge is 0.322 e. The Hall–Kier alpha value is -5.97. The maximum absolute atomic E-state index is 12.8. The van der Waals surface area contributed by atoms with Gasteiger partial charge in [0, 0.05) is 52.3 Å². The van der Waals surface area contributed by atoms with Crippen LogP contribution in [-0.2, 0) is 0 Å². The molecule has 4 rings (SSSR count). The molecule has 0 atom stereocenters. The van der Waals surface area contributed by atoms with Gasteiger partial charge in [-0.15, -0.1) is 0 Å². The van der Waals surface area contributed by atoms with Gasteiger partial charge in [-0.2, -0.15) is 0 Å². The van der Waals surface area contributed by atoms with Crippen molar-refractivity contribution in [3.63, 3.8) is 0 Å². The summed E-state index contributed by atoms with van der Waals surface area (Å²) < 4.78 is 0. The number of non-ortho nitro benzene ring substituents is 2. The number of rotatable bonds is 9. The third kappa shape index (κ3) is 6.86. The van der Waals surface area contributed by atoms with Crippen LogP contribution < -0.4 is 10.6 Å². The van der Waals surface area contributed by atoms with E-state index in [1.165, 1.54) is 54.6 Å². The minimum absolute atomic E-state index is 0.100. The van der Waals surface area contributed by atoms with Crippen molar-refractivity contribution in [3.05, 3.63) is 146 Å². The standard InChI is InChI=1S/C29H20N4O7/c34-27(20-6-2-10-24(16-20)31-29(36)22-8-4-12-26(18-22)33(39)40)14-13-19-5-1-9-23(15-19)30-28(35)21-7-3-11-25(17-21)32(37)38/h1-18H,(H,30,35)(H,31,36). The molecule has 0 bridgehead atoms. The maximum atomic E-state index is 12.8. The summed E-state index contributed by atoms with van der Waals surface area (Å²) in [5.74, 6) is -1.44. The van der Waals surface area contributed by atoms with Crippen LogP contribution in [0.15, 0.2) is 103 Å². The molecule has 2 N–H and O–H groups in total. The average molecular weight is 537 g/mol. The van der Waals surface area contributed by atoms with E-state index in [-0.39, 0.29) is 28.3 Å². The number of ketones is 1. The van der Waals surface area contributed by atoms with Gasteiger partial charge in [-0.05, 0) is 48.0 Å². The predicted octanol–water partition coefficient (Wildman–Crippen LogP) is 5.90. The lowest BCUT2D eigenvalue weighted by molar-refractivity contribution is -0.385. The van der Waals surface area contributed by atoms with Crippen molar-refractivity contribution in [3.8, 4) is 0 Å². The molecule has 2 amide bonds. The molecule has 0 aliphatic carbocycles. The van der Waals surface area contributed by atoms with Crippen LogP contribution >= 0.6 is 0 Å². The molecule has 0 heterocycles. The van der Waals surface area contributed by atoms with Gasteiger partial charge in [-0.25, -0.2) is 0 Å². The number of carbonyl (C=O) groups excluding carboxylic acids is 3. The van der Waals surface area contributed by atoms with Crippen molar-refractivity contribution < 1.29 is 24.2 Å². The van der Waals surface area contributed by atoms with Crippen molar-refractivity contribution in [2.45, 2.75) is 0 Å². The number of nitro benzene ring substituents is 2. The quantitative estimate of drug-likeness (QED) is 0.116. The van der Waals surface area contributed by atoms with E-state index in [1.807, 2.05) is 0 Å². The zero-order chi connectivity index (χ0) is 28.6. The fourth-order valence-electron chi connectivity index (χ4n) is 3.67. The SMILES string of the molecule is O=C(C=Cc1cccc(NC(=O)c2cccc([N+](=O)[O-])c2)c1)c1cccc(NC(=O)c2cccc([N+](=O)[O-])c2)c1. The number of benzene rings is 4. The van der Waals surface area contributed by atoms with Gasteiger partial charge in [0.05, 0.1) is 9.85 Å². The van der Waals surface area contributed by atoms with Crippen LogP contribution in [0.3, 0.4) is 0 Å². The number of allylic oxidation sites excluding steroid dienone is 1. The first-order valence-corrected chi connectivity index (χ1v) is 11.7. The maximum Gasteiger partial charge on any atom is 0.270 e. The Morgan fingerprint density at radius 2 is 1.07 bits per heavy atom. The highest BCUT2D eigenvalue weighted by Crippen LogP contribution is 2.19. The van der Waals surface area contributed by atoms with E-state index >= 15 is 0 Å². The smallest absolute Gasteiger partial charge is 0.270 e. The van der Waals surface area contributed by atoms with Crippen LogP contribution in [0, 0.1) is 20.2 Å². The fourth-order valence-corrected chi connectivity index (χ4v) is 3.67. The number of carbonyl (C=O) groups is 3. The first-order valence-electron chi connectivity index (χ1n) is 11.7. The second-order valence-corrected chi connectivity index (χ2v) is 8.43. The van der Waals surface area contributed by atoms with E-state index in [0.29, 0.717) is 22.5 Å². The van der Waals surface area contributed by atoms with Gasteiger partial charge in [0.15, 0.2) is 5.78 Å². The molecular formula is C29H20N4O7. The van der Waals surface area contributed by atoms with Gasteiger partial charge in [0.1, 0.15) is 0 Å². The first kappa shape index (κ1) is 27.1. The fraction of sp³-hybridized carbons (Fsp3) is 0. The molecule has 11 nitrogen and oxygen atoms in total. The molecule has 0 unspecified atom stereocenters. The van der Waals surface area contributed by atoms with Crippen LogP contribution in [0.5, 0.6) is 0 Å².